The van der Waals surface area contributed by atoms with Crippen LogP contribution in [0, 0.1) is 0 Å². The van der Waals surface area contributed by atoms with Crippen LogP contribution in [0.25, 0.3) is 10.8 Å². The second-order valence-electron chi connectivity index (χ2n) is 4.35. The van der Waals surface area contributed by atoms with Gasteiger partial charge in [-0.3, -0.25) is 4.79 Å². The lowest BCUT2D eigenvalue weighted by Crippen LogP contribution is -2.27. The molecule has 0 bridgehead atoms. The van der Waals surface area contributed by atoms with E-state index in [4.69, 9.17) is 4.74 Å². The highest BCUT2D eigenvalue weighted by Crippen LogP contribution is 2.52. The maximum absolute atomic E-state index is 12.6. The van der Waals surface area contributed by atoms with Gasteiger partial charge in [0, 0.05) is 22.3 Å². The molecular formula is C14H10O2S. The summed E-state index contributed by atoms with van der Waals surface area (Å²) in [7, 11) is 0. The van der Waals surface area contributed by atoms with Gasteiger partial charge in [0.2, 0.25) is 10.7 Å². The van der Waals surface area contributed by atoms with Crippen molar-refractivity contribution < 1.29 is 9.53 Å². The van der Waals surface area contributed by atoms with E-state index in [-0.39, 0.29) is 5.78 Å². The molecule has 2 aliphatic rings. The van der Waals surface area contributed by atoms with E-state index in [1.165, 1.54) is 0 Å². The Hall–Kier alpha value is -1.32. The van der Waals surface area contributed by atoms with E-state index >= 15 is 0 Å². The minimum absolute atomic E-state index is 0.117. The van der Waals surface area contributed by atoms with Crippen LogP contribution in [0.1, 0.15) is 15.9 Å². The van der Waals surface area contributed by atoms with Gasteiger partial charge in [-0.25, -0.2) is 0 Å². The molecule has 2 nitrogen and oxygen atoms in total. The van der Waals surface area contributed by atoms with Gasteiger partial charge >= 0.3 is 0 Å². The largest absolute Gasteiger partial charge is 0.352 e. The number of Topliss-reactive ketones (excluding diaryl/α,β-unsaturated/α-hetero) is 1. The molecule has 0 aromatic heterocycles. The number of ketones is 1. The van der Waals surface area contributed by atoms with Crippen molar-refractivity contribution in [2.75, 3.05) is 12.4 Å². The molecule has 2 aromatic carbocycles. The Kier molecular flexibility index (Phi) is 1.78. The third-order valence-electron chi connectivity index (χ3n) is 3.50. The highest BCUT2D eigenvalue weighted by atomic mass is 32.2. The average Bonchev–Trinajstić information content (AvgIpc) is 2.94. The van der Waals surface area contributed by atoms with Crippen molar-refractivity contribution in [3.8, 4) is 0 Å². The van der Waals surface area contributed by atoms with Crippen LogP contribution in [-0.2, 0) is 9.67 Å². The fourth-order valence-electron chi connectivity index (χ4n) is 2.80. The van der Waals surface area contributed by atoms with Crippen LogP contribution < -0.4 is 0 Å². The van der Waals surface area contributed by atoms with Crippen molar-refractivity contribution in [1.29, 1.82) is 0 Å². The summed E-state index contributed by atoms with van der Waals surface area (Å²) in [6.07, 6.45) is 0. The predicted molar refractivity (Wildman–Crippen MR) is 68.4 cm³/mol. The van der Waals surface area contributed by atoms with Gasteiger partial charge in [-0.15, -0.1) is 11.8 Å². The number of fused-ring (bicyclic) bond motifs is 1. The Morgan fingerprint density at radius 2 is 2.00 bits per heavy atom. The monoisotopic (exact) mass is 242 g/mol. The summed E-state index contributed by atoms with van der Waals surface area (Å²) in [5, 5.41) is 2.20. The van der Waals surface area contributed by atoms with E-state index in [9.17, 15) is 4.79 Å². The van der Waals surface area contributed by atoms with Gasteiger partial charge in [0.1, 0.15) is 0 Å². The van der Waals surface area contributed by atoms with Gasteiger partial charge < -0.3 is 4.74 Å². The van der Waals surface area contributed by atoms with Gasteiger partial charge in [0.05, 0.1) is 6.61 Å². The summed E-state index contributed by atoms with van der Waals surface area (Å²) in [6.45, 7) is 0.654. The van der Waals surface area contributed by atoms with Crippen molar-refractivity contribution in [2.24, 2.45) is 0 Å². The Bertz CT molecular complexity index is 636. The lowest BCUT2D eigenvalue weighted by Gasteiger charge is -2.20. The van der Waals surface area contributed by atoms with Crippen LogP contribution in [0.4, 0.5) is 0 Å². The smallest absolute Gasteiger partial charge is 0.210 e. The van der Waals surface area contributed by atoms with E-state index in [0.717, 1.165) is 27.7 Å². The zero-order valence-electron chi connectivity index (χ0n) is 9.10. The summed E-state index contributed by atoms with van der Waals surface area (Å²) in [5.74, 6) is 1.00. The summed E-state index contributed by atoms with van der Waals surface area (Å²) < 4.78 is 5.80. The van der Waals surface area contributed by atoms with Crippen LogP contribution in [-0.4, -0.2) is 18.1 Å². The minimum atomic E-state index is -0.747. The first-order valence-corrected chi connectivity index (χ1v) is 6.66. The first kappa shape index (κ1) is 9.68. The Morgan fingerprint density at radius 1 is 1.18 bits per heavy atom. The molecule has 0 radical (unpaired) electrons. The summed E-state index contributed by atoms with van der Waals surface area (Å²) in [4.78, 5) is 11.8. The Balaban J connectivity index is 2.15. The Morgan fingerprint density at radius 3 is 2.76 bits per heavy atom. The zero-order valence-corrected chi connectivity index (χ0v) is 9.92. The third-order valence-corrected chi connectivity index (χ3v) is 4.80. The van der Waals surface area contributed by atoms with Crippen LogP contribution >= 0.6 is 11.8 Å². The number of benzene rings is 2. The first-order valence-electron chi connectivity index (χ1n) is 5.68. The zero-order chi connectivity index (χ0) is 11.5. The molecular weight excluding hydrogens is 232 g/mol. The van der Waals surface area contributed by atoms with Crippen molar-refractivity contribution in [3.63, 3.8) is 0 Å². The molecule has 3 heteroatoms. The molecule has 17 heavy (non-hydrogen) atoms. The number of carbonyl (C=O) groups excluding carboxylic acids is 1. The molecule has 0 saturated carbocycles. The maximum atomic E-state index is 12.6. The second kappa shape index (κ2) is 3.12. The standard InChI is InChI=1S/C14H10O2S/c15-13-10-5-1-3-9-4-2-6-11(12(9)10)14(13)16-7-8-17-14/h1-6H,7-8H2/t14-/m0/s1. The molecule has 1 aliphatic heterocycles. The maximum Gasteiger partial charge on any atom is 0.210 e. The molecule has 84 valence electrons. The topological polar surface area (TPSA) is 26.3 Å². The molecule has 1 spiro atoms. The number of ether oxygens (including phenoxy) is 1. The molecule has 0 N–H and O–H groups in total. The van der Waals surface area contributed by atoms with Crippen molar-refractivity contribution >= 4 is 28.3 Å². The molecule has 1 atom stereocenters. The summed E-state index contributed by atoms with van der Waals surface area (Å²) in [5.41, 5.74) is 1.85. The van der Waals surface area contributed by atoms with E-state index in [1.54, 1.807) is 11.8 Å². The van der Waals surface area contributed by atoms with Crippen LogP contribution in [0.2, 0.25) is 0 Å². The van der Waals surface area contributed by atoms with Crippen LogP contribution in [0.3, 0.4) is 0 Å². The quantitative estimate of drug-likeness (QED) is 0.710. The third kappa shape index (κ3) is 1.04. The lowest BCUT2D eigenvalue weighted by molar-refractivity contribution is 0.0408. The van der Waals surface area contributed by atoms with Gasteiger partial charge in [-0.2, -0.15) is 0 Å². The number of rotatable bonds is 0. The van der Waals surface area contributed by atoms with Crippen LogP contribution in [0.15, 0.2) is 36.4 Å². The molecule has 2 aromatic rings. The first-order chi connectivity index (χ1) is 8.33. The van der Waals surface area contributed by atoms with E-state index in [1.807, 2.05) is 36.4 Å². The SMILES string of the molecule is O=C1c2cccc3cccc(c23)[C@@]12OCCS2. The molecule has 1 heterocycles. The Labute approximate surface area is 103 Å². The molecule has 1 saturated heterocycles. The van der Waals surface area contributed by atoms with Crippen molar-refractivity contribution in [3.05, 3.63) is 47.5 Å². The van der Waals surface area contributed by atoms with Gasteiger partial charge in [-0.1, -0.05) is 36.4 Å². The number of hydrogen-bond donors (Lipinski definition) is 0. The highest BCUT2D eigenvalue weighted by molar-refractivity contribution is 8.01. The average molecular weight is 242 g/mol. The lowest BCUT2D eigenvalue weighted by atomic mass is 10.1. The van der Waals surface area contributed by atoms with Gasteiger partial charge in [0.25, 0.3) is 0 Å². The van der Waals surface area contributed by atoms with E-state index in [0.29, 0.717) is 6.61 Å². The van der Waals surface area contributed by atoms with E-state index < -0.39 is 4.93 Å². The van der Waals surface area contributed by atoms with Crippen molar-refractivity contribution in [1.82, 2.24) is 0 Å². The number of hydrogen-bond acceptors (Lipinski definition) is 3. The molecule has 4 rings (SSSR count). The summed E-state index contributed by atoms with van der Waals surface area (Å²) >= 11 is 1.62. The minimum Gasteiger partial charge on any atom is -0.352 e. The molecule has 1 aliphatic carbocycles. The fourth-order valence-corrected chi connectivity index (χ4v) is 3.99. The predicted octanol–water partition coefficient (Wildman–Crippen LogP) is 2.95. The fraction of sp³-hybridized carbons (Fsp3) is 0.214. The molecule has 1 fully saturated rings. The van der Waals surface area contributed by atoms with E-state index in [2.05, 4.69) is 0 Å². The number of thioether (sulfide) groups is 1. The molecule has 0 amide bonds. The number of carbonyl (C=O) groups is 1. The normalized spacial score (nSPS) is 26.2. The molecule has 0 unspecified atom stereocenters. The van der Waals surface area contributed by atoms with Gasteiger partial charge in [-0.05, 0) is 5.39 Å². The van der Waals surface area contributed by atoms with Crippen molar-refractivity contribution in [2.45, 2.75) is 4.93 Å². The second-order valence-corrected chi connectivity index (χ2v) is 5.62. The van der Waals surface area contributed by atoms with Crippen LogP contribution in [0.5, 0.6) is 0 Å². The van der Waals surface area contributed by atoms with Gasteiger partial charge in [0.15, 0.2) is 0 Å². The summed E-state index contributed by atoms with van der Waals surface area (Å²) in [6, 6.07) is 12.0. The highest BCUT2D eigenvalue weighted by Gasteiger charge is 2.51.